The van der Waals surface area contributed by atoms with E-state index in [0.29, 0.717) is 28.5 Å². The molecule has 0 aliphatic heterocycles. The number of rotatable bonds is 13. The maximum absolute atomic E-state index is 13.8. The lowest BCUT2D eigenvalue weighted by molar-refractivity contribution is -0.138. The average molecular weight is 607 g/mol. The summed E-state index contributed by atoms with van der Waals surface area (Å²) in [6, 6.07) is 14.2. The number of benzene rings is 2. The molecule has 3 N–H and O–H groups in total. The number of aliphatic hydroxyl groups is 1. The molecule has 10 heteroatoms. The minimum absolute atomic E-state index is 0.0894. The van der Waals surface area contributed by atoms with Gasteiger partial charge in [-0.2, -0.15) is 13.2 Å². The maximum Gasteiger partial charge on any atom is 0.416 e. The first-order valence-corrected chi connectivity index (χ1v) is 15.3. The number of hydrogen-bond donors (Lipinski definition) is 3. The summed E-state index contributed by atoms with van der Waals surface area (Å²) >= 11 is 2.49. The van der Waals surface area contributed by atoms with Crippen LogP contribution in [0.2, 0.25) is 0 Å². The monoisotopic (exact) mass is 606 g/mol. The lowest BCUT2D eigenvalue weighted by Crippen LogP contribution is -2.46. The van der Waals surface area contributed by atoms with E-state index in [2.05, 4.69) is 43.4 Å². The molecule has 0 amide bonds. The van der Waals surface area contributed by atoms with Crippen LogP contribution in [-0.2, 0) is 30.2 Å². The Balaban J connectivity index is 1.35. The summed E-state index contributed by atoms with van der Waals surface area (Å²) in [5, 5.41) is 25.0. The fraction of sp³-hybridized carbons (Fsp3) is 0.452. The molecular formula is C31H37F3N2O3S2. The van der Waals surface area contributed by atoms with Crippen LogP contribution < -0.4 is 5.32 Å². The Bertz CT molecular complexity index is 1320. The van der Waals surface area contributed by atoms with Gasteiger partial charge in [0.2, 0.25) is 0 Å². The standard InChI is InChI=1S/C31H37F3N2O3S2/c1-30(2,17-20-12-21-6-4-5-7-22(21)13-20)35-18-25(37)19-36(3)41-26-15-23(14-24(16-26)31(32,33)34)27-10-11-40-28(27)8-9-29(38)39/h4-7,10-11,14-16,20,25,35,37H,8-9,12-13,17-19H2,1-3H3,(H,38,39)/t25-/m1/s1. The van der Waals surface area contributed by atoms with Gasteiger partial charge in [-0.05, 0) is 116 Å². The van der Waals surface area contributed by atoms with Crippen molar-refractivity contribution in [1.82, 2.24) is 9.62 Å². The van der Waals surface area contributed by atoms with E-state index in [1.807, 2.05) is 0 Å². The molecule has 3 aromatic rings. The fourth-order valence-corrected chi connectivity index (χ4v) is 7.41. The Morgan fingerprint density at radius 2 is 1.83 bits per heavy atom. The second-order valence-electron chi connectivity index (χ2n) is 11.5. The first kappa shape index (κ1) is 31.6. The molecule has 1 aliphatic carbocycles. The number of nitrogens with one attached hydrogen (secondary N) is 1. The van der Waals surface area contributed by atoms with Gasteiger partial charge in [-0.1, -0.05) is 24.3 Å². The molecule has 1 heterocycles. The summed E-state index contributed by atoms with van der Waals surface area (Å²) < 4.78 is 43.1. The summed E-state index contributed by atoms with van der Waals surface area (Å²) in [7, 11) is 1.75. The molecule has 1 aliphatic rings. The SMILES string of the molecule is CN(C[C@H](O)CNC(C)(C)CC1Cc2ccccc2C1)Sc1cc(-c2ccsc2CCC(=O)O)cc(C(F)(F)F)c1. The second-order valence-corrected chi connectivity index (χ2v) is 13.7. The molecular weight excluding hydrogens is 569 g/mol. The zero-order valence-corrected chi connectivity index (χ0v) is 25.1. The lowest BCUT2D eigenvalue weighted by atomic mass is 9.88. The molecule has 222 valence electrons. The number of carboxylic acid groups (broad SMARTS) is 1. The topological polar surface area (TPSA) is 72.8 Å². The van der Waals surface area contributed by atoms with E-state index in [4.69, 9.17) is 5.11 Å². The number of aliphatic hydroxyl groups excluding tert-OH is 1. The number of thiophene rings is 1. The Morgan fingerprint density at radius 1 is 1.15 bits per heavy atom. The normalized spacial score (nSPS) is 14.9. The average Bonchev–Trinajstić information content (AvgIpc) is 3.51. The first-order valence-electron chi connectivity index (χ1n) is 13.7. The summed E-state index contributed by atoms with van der Waals surface area (Å²) in [6.07, 6.45) is -1.97. The van der Waals surface area contributed by atoms with Gasteiger partial charge < -0.3 is 15.5 Å². The van der Waals surface area contributed by atoms with Crippen LogP contribution in [0.15, 0.2) is 58.8 Å². The molecule has 1 aromatic heterocycles. The highest BCUT2D eigenvalue weighted by atomic mass is 32.2. The molecule has 0 bridgehead atoms. The number of aryl methyl sites for hydroxylation is 1. The van der Waals surface area contributed by atoms with Crippen LogP contribution in [0, 0.1) is 5.92 Å². The van der Waals surface area contributed by atoms with Crippen molar-refractivity contribution in [2.24, 2.45) is 5.92 Å². The number of carbonyl (C=O) groups is 1. The molecule has 0 spiro atoms. The summed E-state index contributed by atoms with van der Waals surface area (Å²) in [4.78, 5) is 12.2. The van der Waals surface area contributed by atoms with E-state index in [9.17, 15) is 23.1 Å². The van der Waals surface area contributed by atoms with Crippen molar-refractivity contribution in [2.45, 2.75) is 68.7 Å². The molecule has 5 nitrogen and oxygen atoms in total. The molecule has 0 fully saturated rings. The van der Waals surface area contributed by atoms with Crippen molar-refractivity contribution >= 4 is 29.3 Å². The number of carboxylic acids is 1. The molecule has 0 unspecified atom stereocenters. The number of aliphatic carboxylic acids is 1. The van der Waals surface area contributed by atoms with Crippen LogP contribution in [-0.4, -0.2) is 52.3 Å². The van der Waals surface area contributed by atoms with E-state index in [1.165, 1.54) is 22.5 Å². The van der Waals surface area contributed by atoms with Crippen molar-refractivity contribution in [3.8, 4) is 11.1 Å². The van der Waals surface area contributed by atoms with Crippen molar-refractivity contribution in [3.63, 3.8) is 0 Å². The number of fused-ring (bicyclic) bond motifs is 1. The molecule has 1 atom stereocenters. The fourth-order valence-electron chi connectivity index (χ4n) is 5.54. The predicted octanol–water partition coefficient (Wildman–Crippen LogP) is 6.92. The van der Waals surface area contributed by atoms with Gasteiger partial charge >= 0.3 is 12.1 Å². The van der Waals surface area contributed by atoms with Crippen LogP contribution in [0.3, 0.4) is 0 Å². The first-order chi connectivity index (χ1) is 19.3. The van der Waals surface area contributed by atoms with Crippen LogP contribution in [0.4, 0.5) is 13.2 Å². The van der Waals surface area contributed by atoms with Crippen molar-refractivity contribution in [2.75, 3.05) is 20.1 Å². The van der Waals surface area contributed by atoms with Gasteiger partial charge in [0.1, 0.15) is 0 Å². The summed E-state index contributed by atoms with van der Waals surface area (Å²) in [6.45, 7) is 4.91. The largest absolute Gasteiger partial charge is 0.481 e. The third kappa shape index (κ3) is 9.06. The lowest BCUT2D eigenvalue weighted by Gasteiger charge is -2.31. The van der Waals surface area contributed by atoms with Crippen LogP contribution in [0.25, 0.3) is 11.1 Å². The Kier molecular flexibility index (Phi) is 10.2. The maximum atomic E-state index is 13.8. The molecule has 0 saturated heterocycles. The quantitative estimate of drug-likeness (QED) is 0.184. The van der Waals surface area contributed by atoms with E-state index >= 15 is 0 Å². The number of nitrogens with zero attached hydrogens (tertiary/aromatic N) is 1. The number of likely N-dealkylation sites (N-methyl/N-ethyl adjacent to an activating group) is 1. The minimum atomic E-state index is -4.53. The van der Waals surface area contributed by atoms with Crippen LogP contribution in [0.5, 0.6) is 0 Å². The number of hydrogen-bond acceptors (Lipinski definition) is 6. The number of alkyl halides is 3. The molecule has 41 heavy (non-hydrogen) atoms. The summed E-state index contributed by atoms with van der Waals surface area (Å²) in [5.74, 6) is -0.403. The Morgan fingerprint density at radius 3 is 2.46 bits per heavy atom. The molecule has 4 rings (SSSR count). The Hall–Kier alpha value is -2.37. The molecule has 2 aromatic carbocycles. The Labute approximate surface area is 247 Å². The zero-order chi connectivity index (χ0) is 29.8. The third-order valence-electron chi connectivity index (χ3n) is 7.34. The number of β-amino-alcohol motifs (C(OH)–C–C–N with tert-alkyl or cyclic N) is 1. The zero-order valence-electron chi connectivity index (χ0n) is 23.5. The van der Waals surface area contributed by atoms with Gasteiger partial charge in [0.15, 0.2) is 0 Å². The van der Waals surface area contributed by atoms with Crippen molar-refractivity contribution < 1.29 is 28.2 Å². The molecule has 0 radical (unpaired) electrons. The van der Waals surface area contributed by atoms with Crippen molar-refractivity contribution in [3.05, 3.63) is 75.5 Å². The smallest absolute Gasteiger partial charge is 0.416 e. The van der Waals surface area contributed by atoms with Gasteiger partial charge in [0.05, 0.1) is 18.1 Å². The highest BCUT2D eigenvalue weighted by molar-refractivity contribution is 7.97. The van der Waals surface area contributed by atoms with E-state index < -0.39 is 23.8 Å². The molecule has 0 saturated carbocycles. The minimum Gasteiger partial charge on any atom is -0.481 e. The van der Waals surface area contributed by atoms with Crippen LogP contribution in [0.1, 0.15) is 48.3 Å². The highest BCUT2D eigenvalue weighted by Gasteiger charge is 2.32. The predicted molar refractivity (Wildman–Crippen MR) is 159 cm³/mol. The van der Waals surface area contributed by atoms with Crippen molar-refractivity contribution in [1.29, 1.82) is 0 Å². The van der Waals surface area contributed by atoms with Crippen LogP contribution >= 0.6 is 23.3 Å². The van der Waals surface area contributed by atoms with Gasteiger partial charge in [0, 0.05) is 28.4 Å². The highest BCUT2D eigenvalue weighted by Crippen LogP contribution is 2.39. The van der Waals surface area contributed by atoms with Gasteiger partial charge in [-0.15, -0.1) is 11.3 Å². The van der Waals surface area contributed by atoms with E-state index in [1.54, 1.807) is 28.9 Å². The van der Waals surface area contributed by atoms with Gasteiger partial charge in [0.25, 0.3) is 0 Å². The van der Waals surface area contributed by atoms with Gasteiger partial charge in [-0.3, -0.25) is 4.79 Å². The number of halogens is 3. The summed E-state index contributed by atoms with van der Waals surface area (Å²) in [5.41, 5.74) is 2.91. The van der Waals surface area contributed by atoms with E-state index in [0.717, 1.165) is 48.2 Å². The second kappa shape index (κ2) is 13.3. The third-order valence-corrected chi connectivity index (χ3v) is 9.22. The van der Waals surface area contributed by atoms with Gasteiger partial charge in [-0.25, -0.2) is 4.31 Å². The van der Waals surface area contributed by atoms with E-state index in [-0.39, 0.29) is 24.9 Å².